The highest BCUT2D eigenvalue weighted by atomic mass is 32.2. The quantitative estimate of drug-likeness (QED) is 0.573. The molecule has 1 unspecified atom stereocenters. The molecule has 0 aromatic carbocycles. The number of thioether (sulfide) groups is 1. The van der Waals surface area contributed by atoms with E-state index in [0.29, 0.717) is 12.2 Å². The first kappa shape index (κ1) is 15.4. The molecule has 0 radical (unpaired) electrons. The van der Waals surface area contributed by atoms with Gasteiger partial charge in [-0.05, 0) is 32.6 Å². The molecule has 0 amide bonds. The molecule has 4 nitrogen and oxygen atoms in total. The van der Waals surface area contributed by atoms with Gasteiger partial charge in [0.05, 0.1) is 5.75 Å². The molecule has 0 heterocycles. The number of carboxylic acids is 1. The topological polar surface area (TPSA) is 66.4 Å². The number of likely N-dealkylation sites (N-methyl/N-ethyl adjacent to an activating group) is 1. The predicted octanol–water partition coefficient (Wildman–Crippen LogP) is 1.54. The lowest BCUT2D eigenvalue weighted by Gasteiger charge is -2.10. The fraction of sp³-hybridized carbons (Fsp3) is 0.818. The molecule has 0 aliphatic rings. The third-order valence-corrected chi connectivity index (χ3v) is 3.42. The van der Waals surface area contributed by atoms with E-state index in [-0.39, 0.29) is 5.78 Å². The van der Waals surface area contributed by atoms with Crippen LogP contribution in [0.5, 0.6) is 0 Å². The first-order chi connectivity index (χ1) is 7.57. The van der Waals surface area contributed by atoms with Crippen LogP contribution in [0.15, 0.2) is 0 Å². The number of nitrogens with one attached hydrogen (secondary N) is 1. The fourth-order valence-corrected chi connectivity index (χ4v) is 2.18. The average Bonchev–Trinajstić information content (AvgIpc) is 2.21. The van der Waals surface area contributed by atoms with E-state index in [0.717, 1.165) is 25.0 Å². The molecule has 94 valence electrons. The van der Waals surface area contributed by atoms with E-state index >= 15 is 0 Å². The molecular formula is C11H21NO3S. The van der Waals surface area contributed by atoms with Crippen LogP contribution in [0.4, 0.5) is 0 Å². The van der Waals surface area contributed by atoms with Gasteiger partial charge < -0.3 is 10.4 Å². The van der Waals surface area contributed by atoms with Crippen molar-refractivity contribution >= 4 is 23.5 Å². The Morgan fingerprint density at radius 1 is 1.31 bits per heavy atom. The fourth-order valence-electron chi connectivity index (χ4n) is 1.34. The van der Waals surface area contributed by atoms with Gasteiger partial charge in [0.2, 0.25) is 0 Å². The summed E-state index contributed by atoms with van der Waals surface area (Å²) in [5.74, 6) is 1.00. The SMILES string of the molecule is CNC(CCCCCSCC(C)=O)C(=O)O. The maximum absolute atomic E-state index is 10.7. The highest BCUT2D eigenvalue weighted by Gasteiger charge is 2.13. The first-order valence-electron chi connectivity index (χ1n) is 5.55. The maximum Gasteiger partial charge on any atom is 0.320 e. The maximum atomic E-state index is 10.7. The molecule has 2 N–H and O–H groups in total. The minimum atomic E-state index is -0.784. The third kappa shape index (κ3) is 8.73. The Labute approximate surface area is 101 Å². The summed E-state index contributed by atoms with van der Waals surface area (Å²) < 4.78 is 0. The third-order valence-electron chi connectivity index (χ3n) is 2.23. The van der Waals surface area contributed by atoms with Crippen LogP contribution in [-0.2, 0) is 9.59 Å². The molecule has 0 aliphatic heterocycles. The van der Waals surface area contributed by atoms with Crippen molar-refractivity contribution in [3.05, 3.63) is 0 Å². The van der Waals surface area contributed by atoms with Crippen molar-refractivity contribution in [1.82, 2.24) is 5.32 Å². The molecule has 1 atom stereocenters. The molecule has 16 heavy (non-hydrogen) atoms. The van der Waals surface area contributed by atoms with Crippen molar-refractivity contribution in [1.29, 1.82) is 0 Å². The van der Waals surface area contributed by atoms with E-state index in [1.165, 1.54) is 0 Å². The van der Waals surface area contributed by atoms with Gasteiger partial charge in [-0.1, -0.05) is 12.8 Å². The van der Waals surface area contributed by atoms with Crippen molar-refractivity contribution in [2.24, 2.45) is 0 Å². The lowest BCUT2D eigenvalue weighted by molar-refractivity contribution is -0.139. The Bertz CT molecular complexity index is 221. The molecular weight excluding hydrogens is 226 g/mol. The average molecular weight is 247 g/mol. The van der Waals surface area contributed by atoms with Crippen molar-refractivity contribution in [2.45, 2.75) is 38.6 Å². The number of hydrogen-bond acceptors (Lipinski definition) is 4. The number of Topliss-reactive ketones (excluding diaryl/α,β-unsaturated/α-hetero) is 1. The van der Waals surface area contributed by atoms with Crippen LogP contribution in [0, 0.1) is 0 Å². The van der Waals surface area contributed by atoms with E-state index in [9.17, 15) is 9.59 Å². The zero-order chi connectivity index (χ0) is 12.4. The second kappa shape index (κ2) is 9.66. The van der Waals surface area contributed by atoms with Crippen LogP contribution in [-0.4, -0.2) is 41.5 Å². The van der Waals surface area contributed by atoms with Crippen LogP contribution in [0.3, 0.4) is 0 Å². The van der Waals surface area contributed by atoms with Gasteiger partial charge in [-0.2, -0.15) is 11.8 Å². The Morgan fingerprint density at radius 2 is 2.00 bits per heavy atom. The summed E-state index contributed by atoms with van der Waals surface area (Å²) in [6, 6.07) is -0.426. The van der Waals surface area contributed by atoms with Crippen molar-refractivity contribution in [3.8, 4) is 0 Å². The number of hydrogen-bond donors (Lipinski definition) is 2. The van der Waals surface area contributed by atoms with E-state index < -0.39 is 12.0 Å². The monoisotopic (exact) mass is 247 g/mol. The molecule has 0 saturated heterocycles. The second-order valence-corrected chi connectivity index (χ2v) is 4.89. The molecule has 0 aromatic heterocycles. The molecule has 0 bridgehead atoms. The normalized spacial score (nSPS) is 12.4. The zero-order valence-corrected chi connectivity index (χ0v) is 10.8. The Balaban J connectivity index is 3.32. The summed E-state index contributed by atoms with van der Waals surface area (Å²) in [6.07, 6.45) is 3.66. The van der Waals surface area contributed by atoms with Gasteiger partial charge in [-0.15, -0.1) is 0 Å². The van der Waals surface area contributed by atoms with E-state index in [1.54, 1.807) is 25.7 Å². The van der Waals surface area contributed by atoms with Crippen molar-refractivity contribution in [3.63, 3.8) is 0 Å². The minimum Gasteiger partial charge on any atom is -0.480 e. The molecule has 0 aliphatic carbocycles. The number of aliphatic carboxylic acids is 1. The second-order valence-electron chi connectivity index (χ2n) is 3.78. The van der Waals surface area contributed by atoms with E-state index in [4.69, 9.17) is 5.11 Å². The molecule has 0 fully saturated rings. The van der Waals surface area contributed by atoms with Gasteiger partial charge in [0.1, 0.15) is 11.8 Å². The summed E-state index contributed by atoms with van der Waals surface area (Å²) in [4.78, 5) is 21.3. The smallest absolute Gasteiger partial charge is 0.320 e. The lowest BCUT2D eigenvalue weighted by atomic mass is 10.1. The van der Waals surface area contributed by atoms with E-state index in [1.807, 2.05) is 0 Å². The molecule has 0 spiro atoms. The van der Waals surface area contributed by atoms with Crippen LogP contribution < -0.4 is 5.32 Å². The van der Waals surface area contributed by atoms with Gasteiger partial charge in [-0.25, -0.2) is 0 Å². The standard InChI is InChI=1S/C11H21NO3S/c1-9(13)8-16-7-5-3-4-6-10(12-2)11(14)15/h10,12H,3-8H2,1-2H3,(H,14,15). The van der Waals surface area contributed by atoms with E-state index in [2.05, 4.69) is 5.32 Å². The number of ketones is 1. The molecule has 5 heteroatoms. The first-order valence-corrected chi connectivity index (χ1v) is 6.70. The zero-order valence-electron chi connectivity index (χ0n) is 9.99. The Hall–Kier alpha value is -0.550. The van der Waals surface area contributed by atoms with Crippen molar-refractivity contribution in [2.75, 3.05) is 18.6 Å². The predicted molar refractivity (Wildman–Crippen MR) is 67.0 cm³/mol. The number of unbranched alkanes of at least 4 members (excludes halogenated alkanes) is 2. The van der Waals surface area contributed by atoms with Crippen molar-refractivity contribution < 1.29 is 14.7 Å². The molecule has 0 aromatic rings. The largest absolute Gasteiger partial charge is 0.480 e. The van der Waals surface area contributed by atoms with Gasteiger partial charge in [-0.3, -0.25) is 9.59 Å². The van der Waals surface area contributed by atoms with Gasteiger partial charge >= 0.3 is 5.97 Å². The number of carbonyl (C=O) groups excluding carboxylic acids is 1. The van der Waals surface area contributed by atoms with Gasteiger partial charge in [0.15, 0.2) is 0 Å². The summed E-state index contributed by atoms with van der Waals surface area (Å²) in [5.41, 5.74) is 0. The van der Waals surface area contributed by atoms with Crippen LogP contribution in [0.1, 0.15) is 32.6 Å². The number of carbonyl (C=O) groups is 2. The highest BCUT2D eigenvalue weighted by molar-refractivity contribution is 7.99. The Morgan fingerprint density at radius 3 is 2.50 bits per heavy atom. The summed E-state index contributed by atoms with van der Waals surface area (Å²) >= 11 is 1.65. The Kier molecular flexibility index (Phi) is 9.33. The van der Waals surface area contributed by atoms with Crippen LogP contribution >= 0.6 is 11.8 Å². The summed E-state index contributed by atoms with van der Waals surface area (Å²) in [5, 5.41) is 11.5. The highest BCUT2D eigenvalue weighted by Crippen LogP contribution is 2.09. The van der Waals surface area contributed by atoms with Crippen LogP contribution in [0.25, 0.3) is 0 Å². The number of carboxylic acid groups (broad SMARTS) is 1. The van der Waals surface area contributed by atoms with Gasteiger partial charge in [0.25, 0.3) is 0 Å². The summed E-state index contributed by atoms with van der Waals surface area (Å²) in [6.45, 7) is 1.59. The molecule has 0 saturated carbocycles. The number of rotatable bonds is 10. The van der Waals surface area contributed by atoms with Gasteiger partial charge in [0, 0.05) is 0 Å². The van der Waals surface area contributed by atoms with Crippen LogP contribution in [0.2, 0.25) is 0 Å². The lowest BCUT2D eigenvalue weighted by Crippen LogP contribution is -2.33. The molecule has 0 rings (SSSR count). The summed E-state index contributed by atoms with van der Waals surface area (Å²) in [7, 11) is 1.67. The minimum absolute atomic E-state index is 0.214.